The molecule has 2 N–H and O–H groups in total. The van der Waals surface area contributed by atoms with Gasteiger partial charge in [-0.25, -0.2) is 4.98 Å². The lowest BCUT2D eigenvalue weighted by Crippen LogP contribution is -2.29. The second-order valence-electron chi connectivity index (χ2n) is 5.76. The average molecular weight is 306 g/mol. The monoisotopic (exact) mass is 306 g/mol. The number of carbonyl (C=O) groups excluding carboxylic acids is 1. The first-order chi connectivity index (χ1) is 9.85. The van der Waals surface area contributed by atoms with Crippen molar-refractivity contribution in [3.8, 4) is 0 Å². The predicted octanol–water partition coefficient (Wildman–Crippen LogP) is 2.80. The van der Waals surface area contributed by atoms with Gasteiger partial charge in [-0.2, -0.15) is 0 Å². The summed E-state index contributed by atoms with van der Waals surface area (Å²) in [5, 5.41) is 12.5. The molecule has 2 rings (SSSR count). The van der Waals surface area contributed by atoms with Gasteiger partial charge in [-0.1, -0.05) is 26.0 Å². The largest absolute Gasteiger partial charge is 0.481 e. The summed E-state index contributed by atoms with van der Waals surface area (Å²) in [6.45, 7) is 3.93. The number of carboxylic acid groups (broad SMARTS) is 1. The lowest BCUT2D eigenvalue weighted by Gasteiger charge is -2.21. The van der Waals surface area contributed by atoms with Crippen molar-refractivity contribution in [1.82, 2.24) is 10.3 Å². The van der Waals surface area contributed by atoms with Crippen LogP contribution in [0, 0.1) is 5.41 Å². The third kappa shape index (κ3) is 4.53. The van der Waals surface area contributed by atoms with Crippen molar-refractivity contribution in [2.45, 2.75) is 33.2 Å². The topological polar surface area (TPSA) is 79.3 Å². The van der Waals surface area contributed by atoms with Crippen LogP contribution in [0.25, 0.3) is 10.2 Å². The van der Waals surface area contributed by atoms with E-state index in [1.165, 1.54) is 0 Å². The number of carbonyl (C=O) groups is 2. The number of para-hydroxylation sites is 1. The molecule has 0 saturated heterocycles. The zero-order valence-corrected chi connectivity index (χ0v) is 12.9. The molecule has 0 atom stereocenters. The van der Waals surface area contributed by atoms with Crippen LogP contribution in [0.2, 0.25) is 0 Å². The van der Waals surface area contributed by atoms with Crippen molar-refractivity contribution < 1.29 is 14.7 Å². The van der Waals surface area contributed by atoms with E-state index < -0.39 is 11.4 Å². The predicted molar refractivity (Wildman–Crippen MR) is 82.1 cm³/mol. The molecule has 21 heavy (non-hydrogen) atoms. The number of rotatable bonds is 6. The van der Waals surface area contributed by atoms with Crippen LogP contribution < -0.4 is 5.32 Å². The molecule has 6 heteroatoms. The Labute approximate surface area is 127 Å². The van der Waals surface area contributed by atoms with Gasteiger partial charge in [0, 0.05) is 6.42 Å². The summed E-state index contributed by atoms with van der Waals surface area (Å²) in [4.78, 5) is 27.1. The summed E-state index contributed by atoms with van der Waals surface area (Å²) in [7, 11) is 0. The molecule has 0 fully saturated rings. The van der Waals surface area contributed by atoms with Gasteiger partial charge in [-0.15, -0.1) is 11.3 Å². The second kappa shape index (κ2) is 6.22. The van der Waals surface area contributed by atoms with Gasteiger partial charge in [-0.3, -0.25) is 9.59 Å². The molecule has 0 unspecified atom stereocenters. The molecular formula is C15H18N2O3S. The van der Waals surface area contributed by atoms with Crippen molar-refractivity contribution in [3.05, 3.63) is 29.3 Å². The highest BCUT2D eigenvalue weighted by Crippen LogP contribution is 2.25. The van der Waals surface area contributed by atoms with Crippen molar-refractivity contribution in [3.63, 3.8) is 0 Å². The zero-order chi connectivity index (χ0) is 15.5. The molecule has 1 amide bonds. The molecule has 0 aliphatic heterocycles. The van der Waals surface area contributed by atoms with Crippen LogP contribution in [-0.2, 0) is 16.1 Å². The summed E-state index contributed by atoms with van der Waals surface area (Å²) in [5.74, 6) is -1.04. The lowest BCUT2D eigenvalue weighted by atomic mass is 9.85. The molecule has 0 radical (unpaired) electrons. The fourth-order valence-corrected chi connectivity index (χ4v) is 3.05. The molecule has 5 nitrogen and oxygen atoms in total. The Morgan fingerprint density at radius 3 is 2.67 bits per heavy atom. The highest BCUT2D eigenvalue weighted by atomic mass is 32.1. The van der Waals surface area contributed by atoms with Crippen LogP contribution in [0.15, 0.2) is 24.3 Å². The molecule has 0 spiro atoms. The van der Waals surface area contributed by atoms with Gasteiger partial charge in [0.15, 0.2) is 0 Å². The Balaban J connectivity index is 1.90. The van der Waals surface area contributed by atoms with Crippen LogP contribution in [0.1, 0.15) is 31.7 Å². The van der Waals surface area contributed by atoms with Crippen LogP contribution in [0.5, 0.6) is 0 Å². The third-order valence-electron chi connectivity index (χ3n) is 3.04. The van der Waals surface area contributed by atoms with E-state index >= 15 is 0 Å². The minimum absolute atomic E-state index is 0.0262. The molecule has 0 aliphatic rings. The normalized spacial score (nSPS) is 11.5. The highest BCUT2D eigenvalue weighted by molar-refractivity contribution is 7.18. The van der Waals surface area contributed by atoms with E-state index in [1.54, 1.807) is 25.2 Å². The first kappa shape index (κ1) is 15.4. The van der Waals surface area contributed by atoms with Crippen LogP contribution in [0.4, 0.5) is 0 Å². The lowest BCUT2D eigenvalue weighted by molar-refractivity contribution is -0.139. The van der Waals surface area contributed by atoms with E-state index in [-0.39, 0.29) is 18.7 Å². The Hall–Kier alpha value is -1.95. The summed E-state index contributed by atoms with van der Waals surface area (Å²) in [5.41, 5.74) is 0.377. The van der Waals surface area contributed by atoms with E-state index in [1.807, 2.05) is 24.3 Å². The molecule has 1 aromatic heterocycles. The summed E-state index contributed by atoms with van der Waals surface area (Å²) in [6, 6.07) is 7.82. The number of aromatic nitrogens is 1. The molecular weight excluding hydrogens is 288 g/mol. The maximum absolute atomic E-state index is 11.9. The number of thiazole rings is 1. The summed E-state index contributed by atoms with van der Waals surface area (Å²) >= 11 is 1.55. The van der Waals surface area contributed by atoms with E-state index in [0.29, 0.717) is 6.54 Å². The van der Waals surface area contributed by atoms with Crippen molar-refractivity contribution in [1.29, 1.82) is 0 Å². The van der Waals surface area contributed by atoms with E-state index in [0.717, 1.165) is 15.2 Å². The molecule has 112 valence electrons. The van der Waals surface area contributed by atoms with Gasteiger partial charge in [0.2, 0.25) is 5.91 Å². The number of nitrogens with one attached hydrogen (secondary N) is 1. The van der Waals surface area contributed by atoms with Gasteiger partial charge in [0.05, 0.1) is 23.2 Å². The second-order valence-corrected chi connectivity index (χ2v) is 6.88. The zero-order valence-electron chi connectivity index (χ0n) is 12.0. The Bertz CT molecular complexity index is 631. The van der Waals surface area contributed by atoms with Crippen molar-refractivity contribution in [2.75, 3.05) is 0 Å². The van der Waals surface area contributed by atoms with Gasteiger partial charge in [-0.05, 0) is 17.5 Å². The number of amides is 1. The van der Waals surface area contributed by atoms with Gasteiger partial charge in [0.1, 0.15) is 5.01 Å². The average Bonchev–Trinajstić information content (AvgIpc) is 2.76. The standard InChI is InChI=1S/C15H18N2O3S/c1-15(2,8-14(19)20)7-12(18)16-9-13-17-10-5-3-4-6-11(10)21-13/h3-6H,7-9H2,1-2H3,(H,16,18)(H,19,20). The van der Waals surface area contributed by atoms with E-state index in [2.05, 4.69) is 10.3 Å². The minimum Gasteiger partial charge on any atom is -0.481 e. The summed E-state index contributed by atoms with van der Waals surface area (Å²) in [6.07, 6.45) is 0.158. The Kier molecular flexibility index (Phi) is 4.57. The number of hydrogen-bond acceptors (Lipinski definition) is 4. The van der Waals surface area contributed by atoms with Crippen molar-refractivity contribution >= 4 is 33.4 Å². The van der Waals surface area contributed by atoms with Crippen molar-refractivity contribution in [2.24, 2.45) is 5.41 Å². The molecule has 2 aromatic rings. The quantitative estimate of drug-likeness (QED) is 0.860. The SMILES string of the molecule is CC(C)(CC(=O)O)CC(=O)NCc1nc2ccccc2s1. The highest BCUT2D eigenvalue weighted by Gasteiger charge is 2.25. The molecule has 0 aliphatic carbocycles. The number of benzene rings is 1. The number of nitrogens with zero attached hydrogens (tertiary/aromatic N) is 1. The minimum atomic E-state index is -0.890. The van der Waals surface area contributed by atoms with Crippen LogP contribution in [0.3, 0.4) is 0 Å². The molecule has 0 bridgehead atoms. The molecule has 1 heterocycles. The number of aliphatic carboxylic acids is 1. The van der Waals surface area contributed by atoms with Gasteiger partial charge < -0.3 is 10.4 Å². The third-order valence-corrected chi connectivity index (χ3v) is 4.08. The number of carboxylic acids is 1. The van der Waals surface area contributed by atoms with E-state index in [9.17, 15) is 9.59 Å². The summed E-state index contributed by atoms with van der Waals surface area (Å²) < 4.78 is 1.09. The Morgan fingerprint density at radius 1 is 1.29 bits per heavy atom. The van der Waals surface area contributed by atoms with Gasteiger partial charge in [0.25, 0.3) is 0 Å². The van der Waals surface area contributed by atoms with Gasteiger partial charge >= 0.3 is 5.97 Å². The Morgan fingerprint density at radius 2 is 2.00 bits per heavy atom. The number of hydrogen-bond donors (Lipinski definition) is 2. The maximum atomic E-state index is 11.9. The number of fused-ring (bicyclic) bond motifs is 1. The molecule has 0 saturated carbocycles. The van der Waals surface area contributed by atoms with E-state index in [4.69, 9.17) is 5.11 Å². The van der Waals surface area contributed by atoms with Crippen LogP contribution >= 0.6 is 11.3 Å². The first-order valence-electron chi connectivity index (χ1n) is 6.69. The fraction of sp³-hybridized carbons (Fsp3) is 0.400. The maximum Gasteiger partial charge on any atom is 0.303 e. The molecule has 1 aromatic carbocycles. The smallest absolute Gasteiger partial charge is 0.303 e. The first-order valence-corrected chi connectivity index (χ1v) is 7.50. The van der Waals surface area contributed by atoms with Crippen LogP contribution in [-0.4, -0.2) is 22.0 Å². The fourth-order valence-electron chi connectivity index (χ4n) is 2.14.